The van der Waals surface area contributed by atoms with Gasteiger partial charge in [0.2, 0.25) is 15.9 Å². The normalized spacial score (nSPS) is 16.6. The summed E-state index contributed by atoms with van der Waals surface area (Å²) in [5.41, 5.74) is 0.932. The van der Waals surface area contributed by atoms with Crippen LogP contribution in [0.5, 0.6) is 0 Å². The summed E-state index contributed by atoms with van der Waals surface area (Å²) in [5, 5.41) is 4.10. The number of fused-ring (bicyclic) bond motifs is 1. The van der Waals surface area contributed by atoms with Crippen LogP contribution in [0.15, 0.2) is 41.3 Å². The fourth-order valence-corrected chi connectivity index (χ4v) is 4.61. The molecule has 1 aliphatic rings. The number of sulfonamides is 1. The monoisotopic (exact) mass is 419 g/mol. The smallest absolute Gasteiger partial charge is 0.328 e. The molecule has 2 aromatic carbocycles. The molecule has 1 atom stereocenters. The molecule has 2 N–H and O–H groups in total. The number of nitrogens with zero attached hydrogens (tertiary/aromatic N) is 1. The molecular weight excluding hydrogens is 394 g/mol. The molecule has 9 heteroatoms. The Morgan fingerprint density at radius 3 is 2.59 bits per heavy atom. The van der Waals surface area contributed by atoms with Crippen molar-refractivity contribution in [1.29, 1.82) is 0 Å². The molecule has 1 aliphatic heterocycles. The number of ether oxygens (including phenoxy) is 1. The summed E-state index contributed by atoms with van der Waals surface area (Å²) in [6.07, 6.45) is 0.903. The van der Waals surface area contributed by atoms with Crippen LogP contribution < -0.4 is 14.9 Å². The van der Waals surface area contributed by atoms with E-state index in [1.54, 1.807) is 18.2 Å². The van der Waals surface area contributed by atoms with Gasteiger partial charge in [-0.1, -0.05) is 24.3 Å². The lowest BCUT2D eigenvalue weighted by Crippen LogP contribution is -2.38. The van der Waals surface area contributed by atoms with Crippen molar-refractivity contribution in [1.82, 2.24) is 10.0 Å². The van der Waals surface area contributed by atoms with Gasteiger partial charge in [-0.25, -0.2) is 17.9 Å². The van der Waals surface area contributed by atoms with Gasteiger partial charge in [-0.3, -0.25) is 4.79 Å². The van der Waals surface area contributed by atoms with Gasteiger partial charge in [0.1, 0.15) is 6.04 Å². The van der Waals surface area contributed by atoms with Crippen LogP contribution in [0.2, 0.25) is 0 Å². The highest BCUT2D eigenvalue weighted by Gasteiger charge is 2.27. The van der Waals surface area contributed by atoms with Gasteiger partial charge in [-0.2, -0.15) is 0 Å². The Morgan fingerprint density at radius 2 is 1.90 bits per heavy atom. The van der Waals surface area contributed by atoms with E-state index in [1.807, 2.05) is 37.2 Å². The molecule has 1 amide bonds. The third-order valence-corrected chi connectivity index (χ3v) is 6.29. The fourth-order valence-electron chi connectivity index (χ4n) is 3.32. The maximum Gasteiger partial charge on any atom is 0.328 e. The molecule has 0 bridgehead atoms. The molecule has 0 saturated carbocycles. The second-order valence-electron chi connectivity index (χ2n) is 7.10. The minimum absolute atomic E-state index is 0.118. The molecule has 1 heterocycles. The van der Waals surface area contributed by atoms with Crippen molar-refractivity contribution in [3.63, 3.8) is 0 Å². The van der Waals surface area contributed by atoms with Crippen molar-refractivity contribution in [3.05, 3.63) is 36.4 Å². The summed E-state index contributed by atoms with van der Waals surface area (Å²) in [6, 6.07) is 10.1. The molecule has 1 fully saturated rings. The Bertz CT molecular complexity index is 1020. The minimum atomic E-state index is -3.73. The van der Waals surface area contributed by atoms with Gasteiger partial charge in [-0.15, -0.1) is 0 Å². The summed E-state index contributed by atoms with van der Waals surface area (Å²) in [4.78, 5) is 25.4. The number of carbonyl (C=O) groups excluding carboxylic acids is 2. The Hall–Kier alpha value is -2.65. The number of anilines is 1. The van der Waals surface area contributed by atoms with Crippen LogP contribution in [0.4, 0.5) is 5.69 Å². The molecule has 2 aromatic rings. The quantitative estimate of drug-likeness (QED) is 0.495. The fraction of sp³-hybridized carbons (Fsp3) is 0.400. The van der Waals surface area contributed by atoms with Crippen molar-refractivity contribution in [2.24, 2.45) is 0 Å². The molecular formula is C20H25N3O5S. The summed E-state index contributed by atoms with van der Waals surface area (Å²) >= 11 is 0. The Kier molecular flexibility index (Phi) is 6.39. The van der Waals surface area contributed by atoms with Crippen LogP contribution >= 0.6 is 0 Å². The van der Waals surface area contributed by atoms with Gasteiger partial charge in [0.15, 0.2) is 0 Å². The maximum atomic E-state index is 12.8. The third-order valence-electron chi connectivity index (χ3n) is 4.77. The van der Waals surface area contributed by atoms with Crippen molar-refractivity contribution in [3.8, 4) is 0 Å². The summed E-state index contributed by atoms with van der Waals surface area (Å²) in [5.74, 6) is -0.721. The molecule has 0 unspecified atom stereocenters. The Balaban J connectivity index is 1.62. The summed E-state index contributed by atoms with van der Waals surface area (Å²) in [6.45, 7) is 0.429. The van der Waals surface area contributed by atoms with Gasteiger partial charge in [-0.05, 0) is 18.6 Å². The zero-order valence-electron chi connectivity index (χ0n) is 16.5. The van der Waals surface area contributed by atoms with Crippen LogP contribution in [0.3, 0.4) is 0 Å². The van der Waals surface area contributed by atoms with Crippen LogP contribution in [-0.4, -0.2) is 53.6 Å². The van der Waals surface area contributed by atoms with E-state index in [0.29, 0.717) is 24.8 Å². The van der Waals surface area contributed by atoms with Crippen LogP contribution in [0.1, 0.15) is 19.3 Å². The summed E-state index contributed by atoms with van der Waals surface area (Å²) in [7, 11) is 0.0817. The zero-order valence-corrected chi connectivity index (χ0v) is 17.3. The highest BCUT2D eigenvalue weighted by Crippen LogP contribution is 2.30. The largest absolute Gasteiger partial charge is 0.464 e. The number of hydrogen-bond acceptors (Lipinski definition) is 6. The number of amides is 1. The highest BCUT2D eigenvalue weighted by atomic mass is 32.2. The van der Waals surface area contributed by atoms with Gasteiger partial charge in [0.25, 0.3) is 0 Å². The van der Waals surface area contributed by atoms with Crippen molar-refractivity contribution in [2.75, 3.05) is 32.1 Å². The van der Waals surface area contributed by atoms with E-state index in [1.165, 1.54) is 0 Å². The number of hydrogen-bond donors (Lipinski definition) is 2. The van der Waals surface area contributed by atoms with Gasteiger partial charge in [0, 0.05) is 49.9 Å². The van der Waals surface area contributed by atoms with Crippen LogP contribution in [0, 0.1) is 0 Å². The Morgan fingerprint density at radius 1 is 1.17 bits per heavy atom. The van der Waals surface area contributed by atoms with Gasteiger partial charge >= 0.3 is 5.97 Å². The molecule has 0 aromatic heterocycles. The predicted octanol–water partition coefficient (Wildman–Crippen LogP) is 1.40. The summed E-state index contributed by atoms with van der Waals surface area (Å²) < 4.78 is 33.0. The van der Waals surface area contributed by atoms with Crippen molar-refractivity contribution < 1.29 is 22.7 Å². The van der Waals surface area contributed by atoms with E-state index in [9.17, 15) is 18.0 Å². The number of carbonyl (C=O) groups is 2. The van der Waals surface area contributed by atoms with E-state index >= 15 is 0 Å². The van der Waals surface area contributed by atoms with E-state index < -0.39 is 22.0 Å². The lowest BCUT2D eigenvalue weighted by molar-refractivity contribution is -0.141. The molecule has 3 rings (SSSR count). The molecule has 0 spiro atoms. The van der Waals surface area contributed by atoms with Crippen molar-refractivity contribution in [2.45, 2.75) is 30.2 Å². The van der Waals surface area contributed by atoms with Crippen LogP contribution in [-0.2, 0) is 24.3 Å². The molecule has 29 heavy (non-hydrogen) atoms. The lowest BCUT2D eigenvalue weighted by Gasteiger charge is -2.17. The Labute approximate surface area is 170 Å². The first kappa shape index (κ1) is 21.1. The average Bonchev–Trinajstić information content (AvgIpc) is 3.08. The standard InChI is InChI=1S/C20H25N3O5S/c1-23(2)17-8-3-7-15-14(17)6-4-9-18(15)29(26,27)21-12-5-10-19(24)22-16-11-13-28-20(16)25/h3-4,6-9,16,21H,5,10-13H2,1-2H3,(H,22,24)/t16-/m0/s1. The lowest BCUT2D eigenvalue weighted by atomic mass is 10.1. The molecule has 1 saturated heterocycles. The second kappa shape index (κ2) is 8.79. The third kappa shape index (κ3) is 4.86. The van der Waals surface area contributed by atoms with Crippen LogP contribution in [0.25, 0.3) is 10.8 Å². The second-order valence-corrected chi connectivity index (χ2v) is 8.84. The first-order chi connectivity index (χ1) is 13.8. The minimum Gasteiger partial charge on any atom is -0.464 e. The van der Waals surface area contributed by atoms with Crippen molar-refractivity contribution >= 4 is 38.4 Å². The molecule has 8 nitrogen and oxygen atoms in total. The molecule has 0 aliphatic carbocycles. The van der Waals surface area contributed by atoms with Gasteiger partial charge < -0.3 is 15.0 Å². The number of cyclic esters (lactones) is 1. The molecule has 0 radical (unpaired) electrons. The first-order valence-electron chi connectivity index (χ1n) is 9.44. The van der Waals surface area contributed by atoms with E-state index in [4.69, 9.17) is 4.74 Å². The zero-order chi connectivity index (χ0) is 21.0. The average molecular weight is 420 g/mol. The topological polar surface area (TPSA) is 105 Å². The molecule has 156 valence electrons. The number of rotatable bonds is 8. The number of nitrogens with one attached hydrogen (secondary N) is 2. The van der Waals surface area contributed by atoms with E-state index in [2.05, 4.69) is 10.0 Å². The number of esters is 1. The highest BCUT2D eigenvalue weighted by molar-refractivity contribution is 7.89. The SMILES string of the molecule is CN(C)c1cccc2c(S(=O)(=O)NCCCC(=O)N[C@H]3CCOC3=O)cccc12. The number of benzene rings is 2. The maximum absolute atomic E-state index is 12.8. The predicted molar refractivity (Wildman–Crippen MR) is 110 cm³/mol. The first-order valence-corrected chi connectivity index (χ1v) is 10.9. The van der Waals surface area contributed by atoms with E-state index in [0.717, 1.165) is 11.1 Å². The van der Waals surface area contributed by atoms with E-state index in [-0.39, 0.29) is 23.8 Å². The van der Waals surface area contributed by atoms with Gasteiger partial charge in [0.05, 0.1) is 11.5 Å².